The van der Waals surface area contributed by atoms with Gasteiger partial charge in [-0.3, -0.25) is 9.59 Å². The summed E-state index contributed by atoms with van der Waals surface area (Å²) in [7, 11) is 1.66. The molecule has 8 nitrogen and oxygen atoms in total. The Morgan fingerprint density at radius 2 is 1.72 bits per heavy atom. The summed E-state index contributed by atoms with van der Waals surface area (Å²) in [5, 5.41) is 0. The Hall–Kier alpha value is -3.68. The van der Waals surface area contributed by atoms with Crippen molar-refractivity contribution in [2.24, 2.45) is 0 Å². The lowest BCUT2D eigenvalue weighted by Gasteiger charge is -2.36. The van der Waals surface area contributed by atoms with Gasteiger partial charge in [0.05, 0.1) is 12.7 Å². The van der Waals surface area contributed by atoms with Gasteiger partial charge < -0.3 is 19.1 Å². The van der Waals surface area contributed by atoms with E-state index < -0.39 is 0 Å². The van der Waals surface area contributed by atoms with Crippen LogP contribution in [0.15, 0.2) is 53.8 Å². The second-order valence-corrected chi connectivity index (χ2v) is 8.08. The van der Waals surface area contributed by atoms with Crippen molar-refractivity contribution in [2.45, 2.75) is 19.4 Å². The number of methoxy groups -OCH3 is 1. The molecule has 8 heteroatoms. The monoisotopic (exact) mass is 431 g/mol. The number of carbonyl (C=O) groups excluding carboxylic acids is 1. The summed E-state index contributed by atoms with van der Waals surface area (Å²) < 4.78 is 6.99. The Kier molecular flexibility index (Phi) is 5.34. The number of hydrogen-bond donors (Lipinski definition) is 0. The van der Waals surface area contributed by atoms with Crippen LogP contribution in [-0.2, 0) is 13.0 Å². The van der Waals surface area contributed by atoms with Crippen molar-refractivity contribution < 1.29 is 9.53 Å². The molecule has 2 aromatic heterocycles. The van der Waals surface area contributed by atoms with E-state index in [9.17, 15) is 9.59 Å². The number of hydrogen-bond acceptors (Lipinski definition) is 6. The number of carbonyl (C=O) groups is 1. The van der Waals surface area contributed by atoms with Crippen LogP contribution in [0.2, 0.25) is 0 Å². The van der Waals surface area contributed by atoms with Crippen LogP contribution in [-0.4, -0.2) is 58.6 Å². The third kappa shape index (κ3) is 3.62. The molecule has 2 aliphatic rings. The average Bonchev–Trinajstić information content (AvgIpc) is 3.35. The van der Waals surface area contributed by atoms with Gasteiger partial charge in [0.25, 0.3) is 11.5 Å². The minimum atomic E-state index is -0.0720. The molecule has 0 radical (unpaired) electrons. The smallest absolute Gasteiger partial charge is 0.256 e. The summed E-state index contributed by atoms with van der Waals surface area (Å²) in [6.07, 6.45) is 6.36. The van der Waals surface area contributed by atoms with E-state index in [4.69, 9.17) is 4.74 Å². The summed E-state index contributed by atoms with van der Waals surface area (Å²) in [5.41, 5.74) is 3.82. The highest BCUT2D eigenvalue weighted by Crippen LogP contribution is 2.29. The van der Waals surface area contributed by atoms with Crippen molar-refractivity contribution in [2.75, 3.05) is 38.2 Å². The van der Waals surface area contributed by atoms with Gasteiger partial charge in [-0.25, -0.2) is 9.97 Å². The number of nitrogens with zero attached hydrogens (tertiary/aromatic N) is 5. The second-order valence-electron chi connectivity index (χ2n) is 8.08. The van der Waals surface area contributed by atoms with Crippen molar-refractivity contribution in [1.82, 2.24) is 19.4 Å². The summed E-state index contributed by atoms with van der Waals surface area (Å²) in [6, 6.07) is 9.55. The summed E-state index contributed by atoms with van der Waals surface area (Å²) in [6.45, 7) is 3.39. The Labute approximate surface area is 186 Å². The maximum Gasteiger partial charge on any atom is 0.256 e. The van der Waals surface area contributed by atoms with E-state index in [2.05, 4.69) is 14.9 Å². The minimum absolute atomic E-state index is 0.0242. The first kappa shape index (κ1) is 20.2. The van der Waals surface area contributed by atoms with E-state index in [0.717, 1.165) is 43.1 Å². The third-order valence-corrected chi connectivity index (χ3v) is 6.30. The van der Waals surface area contributed by atoms with Gasteiger partial charge in [-0.15, -0.1) is 0 Å². The maximum atomic E-state index is 13.7. The molecular weight excluding hydrogens is 406 g/mol. The number of rotatable bonds is 4. The standard InChI is InChI=1S/C24H25N5O3/c1-32-19-6-4-18(5-7-19)27-9-11-28(12-10-27)24(31)23-20(17-14-25-16-26-15-17)13-22(30)29-8-2-3-21(23)29/h4-7,13-16H,2-3,8-12H2,1H3. The highest BCUT2D eigenvalue weighted by atomic mass is 16.5. The molecule has 4 heterocycles. The topological polar surface area (TPSA) is 80.6 Å². The number of amides is 1. The second kappa shape index (κ2) is 8.45. The van der Waals surface area contributed by atoms with E-state index in [1.165, 1.54) is 6.33 Å². The van der Waals surface area contributed by atoms with Crippen LogP contribution in [0.4, 0.5) is 5.69 Å². The molecule has 0 unspecified atom stereocenters. The number of aromatic nitrogens is 3. The number of pyridine rings is 1. The van der Waals surface area contributed by atoms with E-state index in [-0.39, 0.29) is 11.5 Å². The fourth-order valence-corrected chi connectivity index (χ4v) is 4.63. The zero-order chi connectivity index (χ0) is 22.1. The molecule has 32 heavy (non-hydrogen) atoms. The zero-order valence-electron chi connectivity index (χ0n) is 18.0. The number of ether oxygens (including phenoxy) is 1. The van der Waals surface area contributed by atoms with Crippen LogP contribution in [0.1, 0.15) is 22.5 Å². The highest BCUT2D eigenvalue weighted by molar-refractivity contribution is 6.02. The van der Waals surface area contributed by atoms with Crippen LogP contribution >= 0.6 is 0 Å². The number of benzene rings is 1. The molecule has 0 aliphatic carbocycles. The molecule has 0 saturated carbocycles. The first-order valence-corrected chi connectivity index (χ1v) is 10.9. The molecule has 5 rings (SSSR count). The quantitative estimate of drug-likeness (QED) is 0.630. The van der Waals surface area contributed by atoms with Crippen molar-refractivity contribution in [3.8, 4) is 16.9 Å². The number of fused-ring (bicyclic) bond motifs is 1. The Bertz CT molecular complexity index is 1180. The van der Waals surface area contributed by atoms with Crippen LogP contribution in [0, 0.1) is 0 Å². The number of anilines is 1. The lowest BCUT2D eigenvalue weighted by atomic mass is 9.98. The summed E-state index contributed by atoms with van der Waals surface area (Å²) in [5.74, 6) is 0.803. The number of piperazine rings is 1. The predicted octanol–water partition coefficient (Wildman–Crippen LogP) is 2.22. The van der Waals surface area contributed by atoms with Gasteiger partial charge in [0, 0.05) is 73.7 Å². The summed E-state index contributed by atoms with van der Waals surface area (Å²) in [4.78, 5) is 38.8. The molecule has 1 saturated heterocycles. The predicted molar refractivity (Wildman–Crippen MR) is 121 cm³/mol. The summed E-state index contributed by atoms with van der Waals surface area (Å²) >= 11 is 0. The van der Waals surface area contributed by atoms with Crippen LogP contribution in [0.3, 0.4) is 0 Å². The first-order chi connectivity index (χ1) is 15.7. The van der Waals surface area contributed by atoms with Gasteiger partial charge in [-0.05, 0) is 37.1 Å². The maximum absolute atomic E-state index is 13.7. The largest absolute Gasteiger partial charge is 0.497 e. The molecule has 0 N–H and O–H groups in total. The molecule has 2 aliphatic heterocycles. The van der Waals surface area contributed by atoms with Gasteiger partial charge >= 0.3 is 0 Å². The van der Waals surface area contributed by atoms with Gasteiger partial charge in [0.1, 0.15) is 12.1 Å². The van der Waals surface area contributed by atoms with Crippen molar-refractivity contribution >= 4 is 11.6 Å². The molecule has 3 aromatic rings. The van der Waals surface area contributed by atoms with Crippen molar-refractivity contribution in [3.63, 3.8) is 0 Å². The van der Waals surface area contributed by atoms with Gasteiger partial charge in [0.2, 0.25) is 0 Å². The molecular formula is C24H25N5O3. The molecule has 1 fully saturated rings. The first-order valence-electron chi connectivity index (χ1n) is 10.9. The SMILES string of the molecule is COc1ccc(N2CCN(C(=O)c3c(-c4cncnc4)cc(=O)n4c3CCC4)CC2)cc1. The van der Waals surface area contributed by atoms with Crippen LogP contribution in [0.5, 0.6) is 5.75 Å². The Morgan fingerprint density at radius 3 is 2.41 bits per heavy atom. The van der Waals surface area contributed by atoms with E-state index in [1.807, 2.05) is 29.2 Å². The molecule has 1 aromatic carbocycles. The zero-order valence-corrected chi connectivity index (χ0v) is 18.0. The Balaban J connectivity index is 1.42. The molecule has 0 atom stereocenters. The van der Waals surface area contributed by atoms with E-state index in [1.54, 1.807) is 30.1 Å². The average molecular weight is 431 g/mol. The fourth-order valence-electron chi connectivity index (χ4n) is 4.63. The minimum Gasteiger partial charge on any atom is -0.497 e. The third-order valence-electron chi connectivity index (χ3n) is 6.30. The van der Waals surface area contributed by atoms with Gasteiger partial charge in [-0.1, -0.05) is 0 Å². The van der Waals surface area contributed by atoms with Crippen molar-refractivity contribution in [3.05, 3.63) is 70.7 Å². The van der Waals surface area contributed by atoms with Gasteiger partial charge in [-0.2, -0.15) is 0 Å². The Morgan fingerprint density at radius 1 is 1.00 bits per heavy atom. The van der Waals surface area contributed by atoms with Crippen molar-refractivity contribution in [1.29, 1.82) is 0 Å². The van der Waals surface area contributed by atoms with E-state index in [0.29, 0.717) is 36.3 Å². The fraction of sp³-hybridized carbons (Fsp3) is 0.333. The normalized spacial score (nSPS) is 15.5. The van der Waals surface area contributed by atoms with E-state index >= 15 is 0 Å². The van der Waals surface area contributed by atoms with Gasteiger partial charge in [0.15, 0.2) is 0 Å². The molecule has 1 amide bonds. The molecule has 164 valence electrons. The van der Waals surface area contributed by atoms with Crippen LogP contribution < -0.4 is 15.2 Å². The lowest BCUT2D eigenvalue weighted by Crippen LogP contribution is -2.49. The van der Waals surface area contributed by atoms with Crippen LogP contribution in [0.25, 0.3) is 11.1 Å². The highest BCUT2D eigenvalue weighted by Gasteiger charge is 2.30. The molecule has 0 bridgehead atoms. The lowest BCUT2D eigenvalue weighted by molar-refractivity contribution is 0.0745. The molecule has 0 spiro atoms.